The van der Waals surface area contributed by atoms with E-state index in [2.05, 4.69) is 14.9 Å². The van der Waals surface area contributed by atoms with E-state index in [1.165, 1.54) is 6.07 Å². The van der Waals surface area contributed by atoms with Gasteiger partial charge < -0.3 is 4.74 Å². The highest BCUT2D eigenvalue weighted by Gasteiger charge is 2.19. The number of anilines is 1. The second-order valence-corrected chi connectivity index (χ2v) is 8.68. The quantitative estimate of drug-likeness (QED) is 0.431. The Balaban J connectivity index is 1.59. The van der Waals surface area contributed by atoms with E-state index in [0.717, 1.165) is 0 Å². The third kappa shape index (κ3) is 4.87. The second kappa shape index (κ2) is 9.07. The van der Waals surface area contributed by atoms with Gasteiger partial charge in [0.25, 0.3) is 15.6 Å². The molecular formula is C24H21N3O4S. The molecule has 8 heteroatoms. The molecule has 0 atom stereocenters. The van der Waals surface area contributed by atoms with Crippen molar-refractivity contribution in [3.63, 3.8) is 0 Å². The highest BCUT2D eigenvalue weighted by Crippen LogP contribution is 2.27. The lowest BCUT2D eigenvalue weighted by atomic mass is 10.1. The van der Waals surface area contributed by atoms with Crippen LogP contribution in [0.25, 0.3) is 11.3 Å². The minimum atomic E-state index is -3.86. The number of rotatable bonds is 7. The summed E-state index contributed by atoms with van der Waals surface area (Å²) in [6.45, 7) is 1.89. The maximum atomic E-state index is 13.2. The molecule has 0 radical (unpaired) electrons. The van der Waals surface area contributed by atoms with Gasteiger partial charge >= 0.3 is 0 Å². The van der Waals surface area contributed by atoms with E-state index in [1.54, 1.807) is 48.5 Å². The number of para-hydroxylation sites is 1. The van der Waals surface area contributed by atoms with Gasteiger partial charge in [0.05, 0.1) is 10.6 Å². The van der Waals surface area contributed by atoms with Crippen LogP contribution in [0.1, 0.15) is 12.5 Å². The minimum Gasteiger partial charge on any atom is -0.457 e. The summed E-state index contributed by atoms with van der Waals surface area (Å²) in [5, 5.41) is 6.35. The maximum Gasteiger partial charge on any atom is 0.264 e. The molecule has 2 N–H and O–H groups in total. The number of hydrogen-bond donors (Lipinski definition) is 2. The number of aryl methyl sites for hydroxylation is 1. The summed E-state index contributed by atoms with van der Waals surface area (Å²) in [7, 11) is -3.86. The van der Waals surface area contributed by atoms with Crippen molar-refractivity contribution < 1.29 is 13.2 Å². The van der Waals surface area contributed by atoms with Crippen LogP contribution in [0.5, 0.6) is 11.5 Å². The average Bonchev–Trinajstić information content (AvgIpc) is 2.81. The zero-order valence-corrected chi connectivity index (χ0v) is 18.1. The van der Waals surface area contributed by atoms with Crippen LogP contribution in [-0.4, -0.2) is 18.6 Å². The summed E-state index contributed by atoms with van der Waals surface area (Å²) in [5.74, 6) is 1.29. The van der Waals surface area contributed by atoms with Crippen LogP contribution in [0.2, 0.25) is 0 Å². The Morgan fingerprint density at radius 1 is 0.906 bits per heavy atom. The molecule has 0 aliphatic heterocycles. The van der Waals surface area contributed by atoms with E-state index in [0.29, 0.717) is 40.4 Å². The molecular weight excluding hydrogens is 426 g/mol. The highest BCUT2D eigenvalue weighted by molar-refractivity contribution is 7.92. The van der Waals surface area contributed by atoms with Crippen molar-refractivity contribution >= 4 is 15.7 Å². The molecule has 0 saturated carbocycles. The van der Waals surface area contributed by atoms with Gasteiger partial charge in [0.15, 0.2) is 0 Å². The molecule has 32 heavy (non-hydrogen) atoms. The van der Waals surface area contributed by atoms with Gasteiger partial charge in [0.1, 0.15) is 11.5 Å². The monoisotopic (exact) mass is 447 g/mol. The molecule has 4 aromatic rings. The SMILES string of the molecule is CCc1ccc(-c2ccc(=O)[nH]n2)cc1S(=O)(=O)Nc1ccc(Oc2ccccc2)cc1. The van der Waals surface area contributed by atoms with Gasteiger partial charge in [-0.05, 0) is 60.5 Å². The first-order chi connectivity index (χ1) is 15.4. The van der Waals surface area contributed by atoms with Gasteiger partial charge in [-0.2, -0.15) is 5.10 Å². The van der Waals surface area contributed by atoms with Crippen LogP contribution in [0.15, 0.2) is 94.6 Å². The molecule has 1 heterocycles. The van der Waals surface area contributed by atoms with E-state index in [9.17, 15) is 13.2 Å². The number of benzene rings is 3. The fourth-order valence-electron chi connectivity index (χ4n) is 3.19. The minimum absolute atomic E-state index is 0.162. The molecule has 3 aromatic carbocycles. The molecule has 0 bridgehead atoms. The van der Waals surface area contributed by atoms with E-state index in [1.807, 2.05) is 37.3 Å². The molecule has 0 aliphatic rings. The third-order valence-electron chi connectivity index (χ3n) is 4.80. The number of H-pyrrole nitrogens is 1. The van der Waals surface area contributed by atoms with Crippen molar-refractivity contribution in [1.82, 2.24) is 10.2 Å². The summed E-state index contributed by atoms with van der Waals surface area (Å²) in [6, 6.07) is 24.0. The van der Waals surface area contributed by atoms with Crippen LogP contribution in [-0.2, 0) is 16.4 Å². The normalized spacial score (nSPS) is 11.2. The maximum absolute atomic E-state index is 13.2. The second-order valence-electron chi connectivity index (χ2n) is 7.03. The predicted octanol–water partition coefficient (Wildman–Crippen LogP) is 4.59. The van der Waals surface area contributed by atoms with Crippen LogP contribution in [0, 0.1) is 0 Å². The van der Waals surface area contributed by atoms with E-state index in [-0.39, 0.29) is 10.5 Å². The lowest BCUT2D eigenvalue weighted by molar-refractivity contribution is 0.483. The van der Waals surface area contributed by atoms with Crippen LogP contribution in [0.4, 0.5) is 5.69 Å². The number of ether oxygens (including phenoxy) is 1. The van der Waals surface area contributed by atoms with Crippen molar-refractivity contribution in [2.75, 3.05) is 4.72 Å². The smallest absolute Gasteiger partial charge is 0.264 e. The number of aromatic nitrogens is 2. The van der Waals surface area contributed by atoms with Crippen LogP contribution in [0.3, 0.4) is 0 Å². The van der Waals surface area contributed by atoms with Crippen molar-refractivity contribution in [3.05, 3.63) is 101 Å². The summed E-state index contributed by atoms with van der Waals surface area (Å²) in [6.07, 6.45) is 0.541. The zero-order chi connectivity index (χ0) is 22.6. The van der Waals surface area contributed by atoms with Crippen molar-refractivity contribution in [3.8, 4) is 22.8 Å². The van der Waals surface area contributed by atoms with Crippen molar-refractivity contribution in [2.45, 2.75) is 18.2 Å². The number of aromatic amines is 1. The van der Waals surface area contributed by atoms with Crippen LogP contribution < -0.4 is 15.0 Å². The third-order valence-corrected chi connectivity index (χ3v) is 6.26. The van der Waals surface area contributed by atoms with E-state index in [4.69, 9.17) is 4.74 Å². The van der Waals surface area contributed by atoms with Gasteiger partial charge in [0.2, 0.25) is 0 Å². The first-order valence-corrected chi connectivity index (χ1v) is 11.5. The molecule has 0 aliphatic carbocycles. The number of nitrogens with one attached hydrogen (secondary N) is 2. The van der Waals surface area contributed by atoms with E-state index >= 15 is 0 Å². The first kappa shape index (κ1) is 21.3. The molecule has 0 spiro atoms. The largest absolute Gasteiger partial charge is 0.457 e. The molecule has 0 unspecified atom stereocenters. The lowest BCUT2D eigenvalue weighted by Crippen LogP contribution is -2.15. The Kier molecular flexibility index (Phi) is 6.04. The van der Waals surface area contributed by atoms with Crippen molar-refractivity contribution in [1.29, 1.82) is 0 Å². The molecule has 4 rings (SSSR count). The van der Waals surface area contributed by atoms with E-state index < -0.39 is 10.0 Å². The first-order valence-electron chi connectivity index (χ1n) is 9.99. The molecule has 1 aromatic heterocycles. The molecule has 0 fully saturated rings. The summed E-state index contributed by atoms with van der Waals surface area (Å²) in [4.78, 5) is 11.4. The number of nitrogens with zero attached hydrogens (tertiary/aromatic N) is 1. The Labute approximate surface area is 185 Å². The van der Waals surface area contributed by atoms with Crippen LogP contribution >= 0.6 is 0 Å². The zero-order valence-electron chi connectivity index (χ0n) is 17.3. The summed E-state index contributed by atoms with van der Waals surface area (Å²) in [5.41, 5.74) is 1.83. The Hall–Kier alpha value is -3.91. The van der Waals surface area contributed by atoms with Gasteiger partial charge in [-0.3, -0.25) is 9.52 Å². The topological polar surface area (TPSA) is 101 Å². The molecule has 7 nitrogen and oxygen atoms in total. The molecule has 162 valence electrons. The fraction of sp³-hybridized carbons (Fsp3) is 0.0833. The van der Waals surface area contributed by atoms with Gasteiger partial charge in [-0.15, -0.1) is 0 Å². The van der Waals surface area contributed by atoms with Gasteiger partial charge in [-0.25, -0.2) is 13.5 Å². The highest BCUT2D eigenvalue weighted by atomic mass is 32.2. The fourth-order valence-corrected chi connectivity index (χ4v) is 4.58. The van der Waals surface area contributed by atoms with Crippen molar-refractivity contribution in [2.24, 2.45) is 0 Å². The average molecular weight is 448 g/mol. The lowest BCUT2D eigenvalue weighted by Gasteiger charge is -2.13. The Morgan fingerprint density at radius 3 is 2.28 bits per heavy atom. The van der Waals surface area contributed by atoms with Gasteiger partial charge in [0, 0.05) is 17.3 Å². The molecule has 0 saturated heterocycles. The Bertz CT molecular complexity index is 1360. The standard InChI is InChI=1S/C24H21N3O4S/c1-2-17-8-9-18(22-14-15-24(28)26-25-22)16-23(17)32(29,30)27-19-10-12-21(13-11-19)31-20-6-4-3-5-7-20/h3-16,27H,2H2,1H3,(H,26,28). The predicted molar refractivity (Wildman–Crippen MR) is 123 cm³/mol. The van der Waals surface area contributed by atoms with Gasteiger partial charge in [-0.1, -0.05) is 37.3 Å². The number of sulfonamides is 1. The Morgan fingerprint density at radius 2 is 1.62 bits per heavy atom. The number of hydrogen-bond acceptors (Lipinski definition) is 5. The molecule has 0 amide bonds. The summed E-state index contributed by atoms with van der Waals surface area (Å²) < 4.78 is 34.7. The summed E-state index contributed by atoms with van der Waals surface area (Å²) >= 11 is 0.